The van der Waals surface area contributed by atoms with E-state index < -0.39 is 0 Å². The van der Waals surface area contributed by atoms with Crippen molar-refractivity contribution in [2.75, 3.05) is 0 Å². The average Bonchev–Trinajstić information content (AvgIpc) is 2.38. The Balaban J connectivity index is 1.96. The van der Waals surface area contributed by atoms with Crippen LogP contribution in [0.15, 0.2) is 42.7 Å². The summed E-state index contributed by atoms with van der Waals surface area (Å²) in [5.74, 6) is -0.312. The third-order valence-electron chi connectivity index (χ3n) is 2.75. The van der Waals surface area contributed by atoms with E-state index in [4.69, 9.17) is 11.6 Å². The van der Waals surface area contributed by atoms with Gasteiger partial charge in [0.2, 0.25) is 0 Å². The van der Waals surface area contributed by atoms with Gasteiger partial charge in [0.25, 0.3) is 0 Å². The lowest BCUT2D eigenvalue weighted by molar-refractivity contribution is 0.561. The van der Waals surface area contributed by atoms with Crippen LogP contribution in [0.25, 0.3) is 0 Å². The molecule has 94 valence electrons. The Morgan fingerprint density at radius 1 is 1.28 bits per heavy atom. The van der Waals surface area contributed by atoms with E-state index in [0.29, 0.717) is 6.54 Å². The van der Waals surface area contributed by atoms with Gasteiger partial charge in [-0.2, -0.15) is 0 Å². The summed E-state index contributed by atoms with van der Waals surface area (Å²) < 4.78 is 13.0. The van der Waals surface area contributed by atoms with Crippen LogP contribution in [0.5, 0.6) is 0 Å². The van der Waals surface area contributed by atoms with Gasteiger partial charge in [0, 0.05) is 23.8 Å². The molecular formula is C14H14ClFN2. The molecule has 2 rings (SSSR count). The first kappa shape index (κ1) is 13.0. The lowest BCUT2D eigenvalue weighted by Crippen LogP contribution is -2.18. The van der Waals surface area contributed by atoms with E-state index in [1.807, 2.05) is 31.2 Å². The molecule has 0 radical (unpaired) electrons. The fourth-order valence-corrected chi connectivity index (χ4v) is 1.78. The van der Waals surface area contributed by atoms with E-state index in [-0.39, 0.29) is 11.9 Å². The van der Waals surface area contributed by atoms with Gasteiger partial charge in [-0.1, -0.05) is 23.7 Å². The second kappa shape index (κ2) is 5.94. The normalized spacial score (nSPS) is 12.4. The van der Waals surface area contributed by atoms with Crippen LogP contribution in [0.2, 0.25) is 5.02 Å². The highest BCUT2D eigenvalue weighted by molar-refractivity contribution is 6.30. The van der Waals surface area contributed by atoms with Gasteiger partial charge in [0.05, 0.1) is 6.20 Å². The molecule has 2 nitrogen and oxygen atoms in total. The van der Waals surface area contributed by atoms with Gasteiger partial charge in [0.15, 0.2) is 0 Å². The van der Waals surface area contributed by atoms with Gasteiger partial charge in [-0.05, 0) is 36.2 Å². The monoisotopic (exact) mass is 264 g/mol. The SMILES string of the molecule is CC(NCc1ccc(Cl)cc1)c1cncc(F)c1. The van der Waals surface area contributed by atoms with Crippen LogP contribution in [0.4, 0.5) is 4.39 Å². The third kappa shape index (κ3) is 3.52. The Labute approximate surface area is 111 Å². The lowest BCUT2D eigenvalue weighted by Gasteiger charge is -2.14. The number of nitrogens with zero attached hydrogens (tertiary/aromatic N) is 1. The van der Waals surface area contributed by atoms with Crippen LogP contribution in [0, 0.1) is 5.82 Å². The number of hydrogen-bond donors (Lipinski definition) is 1. The fraction of sp³-hybridized carbons (Fsp3) is 0.214. The van der Waals surface area contributed by atoms with Gasteiger partial charge in [0.1, 0.15) is 5.82 Å². The molecule has 1 heterocycles. The van der Waals surface area contributed by atoms with Crippen LogP contribution >= 0.6 is 11.6 Å². The second-order valence-electron chi connectivity index (χ2n) is 4.17. The van der Waals surface area contributed by atoms with E-state index >= 15 is 0 Å². The number of nitrogens with one attached hydrogen (secondary N) is 1. The van der Waals surface area contributed by atoms with Crippen molar-refractivity contribution in [1.82, 2.24) is 10.3 Å². The molecule has 18 heavy (non-hydrogen) atoms. The van der Waals surface area contributed by atoms with Crippen molar-refractivity contribution in [2.45, 2.75) is 19.5 Å². The van der Waals surface area contributed by atoms with Crippen molar-refractivity contribution >= 4 is 11.6 Å². The van der Waals surface area contributed by atoms with Crippen molar-refractivity contribution in [1.29, 1.82) is 0 Å². The minimum atomic E-state index is -0.312. The number of rotatable bonds is 4. The van der Waals surface area contributed by atoms with Crippen LogP contribution in [-0.4, -0.2) is 4.98 Å². The van der Waals surface area contributed by atoms with E-state index in [2.05, 4.69) is 10.3 Å². The summed E-state index contributed by atoms with van der Waals surface area (Å²) in [5.41, 5.74) is 1.97. The zero-order valence-corrected chi connectivity index (χ0v) is 10.8. The van der Waals surface area contributed by atoms with Gasteiger partial charge >= 0.3 is 0 Å². The first-order valence-corrected chi connectivity index (χ1v) is 6.11. The van der Waals surface area contributed by atoms with Crippen LogP contribution in [0.3, 0.4) is 0 Å². The number of pyridine rings is 1. The standard InChI is InChI=1S/C14H14ClFN2/c1-10(12-6-14(16)9-17-8-12)18-7-11-2-4-13(15)5-3-11/h2-6,8-10,18H,7H2,1H3. The second-order valence-corrected chi connectivity index (χ2v) is 4.60. The van der Waals surface area contributed by atoms with Gasteiger partial charge in [-0.25, -0.2) is 4.39 Å². The van der Waals surface area contributed by atoms with Crippen LogP contribution in [0.1, 0.15) is 24.1 Å². The molecule has 0 fully saturated rings. The Hall–Kier alpha value is -1.45. The number of halogens is 2. The highest BCUT2D eigenvalue weighted by Gasteiger charge is 2.06. The molecule has 1 aromatic heterocycles. The van der Waals surface area contributed by atoms with Gasteiger partial charge < -0.3 is 5.32 Å². The fourth-order valence-electron chi connectivity index (χ4n) is 1.66. The molecule has 4 heteroatoms. The van der Waals surface area contributed by atoms with Gasteiger partial charge in [-0.15, -0.1) is 0 Å². The quantitative estimate of drug-likeness (QED) is 0.910. The lowest BCUT2D eigenvalue weighted by atomic mass is 10.1. The van der Waals surface area contributed by atoms with Crippen molar-refractivity contribution in [2.24, 2.45) is 0 Å². The molecule has 0 aliphatic carbocycles. The van der Waals surface area contributed by atoms with E-state index in [0.717, 1.165) is 16.1 Å². The molecule has 1 unspecified atom stereocenters. The summed E-state index contributed by atoms with van der Waals surface area (Å²) in [7, 11) is 0. The van der Waals surface area contributed by atoms with Crippen LogP contribution in [-0.2, 0) is 6.54 Å². The molecule has 0 aliphatic heterocycles. The summed E-state index contributed by atoms with van der Waals surface area (Å²) in [4.78, 5) is 3.84. The van der Waals surface area contributed by atoms with Crippen molar-refractivity contribution in [3.8, 4) is 0 Å². The molecule has 0 saturated carbocycles. The first-order valence-electron chi connectivity index (χ1n) is 5.73. The predicted octanol–water partition coefficient (Wildman–Crippen LogP) is 3.72. The van der Waals surface area contributed by atoms with Crippen molar-refractivity contribution in [3.05, 3.63) is 64.7 Å². The maximum Gasteiger partial charge on any atom is 0.141 e. The molecule has 1 atom stereocenters. The number of hydrogen-bond acceptors (Lipinski definition) is 2. The highest BCUT2D eigenvalue weighted by atomic mass is 35.5. The van der Waals surface area contributed by atoms with Crippen molar-refractivity contribution in [3.63, 3.8) is 0 Å². The third-order valence-corrected chi connectivity index (χ3v) is 3.00. The minimum Gasteiger partial charge on any atom is -0.306 e. The number of aromatic nitrogens is 1. The average molecular weight is 265 g/mol. The molecule has 1 N–H and O–H groups in total. The molecule has 0 aliphatic rings. The minimum absolute atomic E-state index is 0.0453. The summed E-state index contributed by atoms with van der Waals surface area (Å²) in [5, 5.41) is 4.04. The Kier molecular flexibility index (Phi) is 4.28. The van der Waals surface area contributed by atoms with E-state index in [1.54, 1.807) is 6.20 Å². The summed E-state index contributed by atoms with van der Waals surface area (Å²) in [6, 6.07) is 9.17. The number of benzene rings is 1. The highest BCUT2D eigenvalue weighted by Crippen LogP contribution is 2.14. The molecule has 0 amide bonds. The molecule has 1 aromatic carbocycles. The Morgan fingerprint density at radius 3 is 2.67 bits per heavy atom. The summed E-state index contributed by atoms with van der Waals surface area (Å²) in [6.07, 6.45) is 2.87. The topological polar surface area (TPSA) is 24.9 Å². The van der Waals surface area contributed by atoms with E-state index in [1.165, 1.54) is 12.3 Å². The molecule has 0 bridgehead atoms. The first-order chi connectivity index (χ1) is 8.65. The Morgan fingerprint density at radius 2 is 2.00 bits per heavy atom. The molecular weight excluding hydrogens is 251 g/mol. The maximum absolute atomic E-state index is 13.0. The zero-order valence-electron chi connectivity index (χ0n) is 10.0. The maximum atomic E-state index is 13.0. The van der Waals surface area contributed by atoms with Gasteiger partial charge in [-0.3, -0.25) is 4.98 Å². The molecule has 2 aromatic rings. The summed E-state index contributed by atoms with van der Waals surface area (Å²) in [6.45, 7) is 2.68. The van der Waals surface area contributed by atoms with E-state index in [9.17, 15) is 4.39 Å². The van der Waals surface area contributed by atoms with Crippen molar-refractivity contribution < 1.29 is 4.39 Å². The molecule has 0 saturated heterocycles. The molecule has 0 spiro atoms. The predicted molar refractivity (Wildman–Crippen MR) is 70.9 cm³/mol. The Bertz CT molecular complexity index is 513. The largest absolute Gasteiger partial charge is 0.306 e. The summed E-state index contributed by atoms with van der Waals surface area (Å²) >= 11 is 5.82. The smallest absolute Gasteiger partial charge is 0.141 e. The zero-order chi connectivity index (χ0) is 13.0. The van der Waals surface area contributed by atoms with Crippen LogP contribution < -0.4 is 5.32 Å².